The van der Waals surface area contributed by atoms with E-state index < -0.39 is 0 Å². The van der Waals surface area contributed by atoms with Crippen LogP contribution in [0.15, 0.2) is 24.4 Å². The summed E-state index contributed by atoms with van der Waals surface area (Å²) in [5, 5.41) is 0. The predicted octanol–water partition coefficient (Wildman–Crippen LogP) is 2.95. The molecule has 0 bridgehead atoms. The van der Waals surface area contributed by atoms with Crippen LogP contribution in [0, 0.1) is 5.92 Å². The first-order valence-electron chi connectivity index (χ1n) is 8.06. The molecule has 1 aliphatic heterocycles. The van der Waals surface area contributed by atoms with E-state index in [-0.39, 0.29) is 5.92 Å². The fourth-order valence-corrected chi connectivity index (χ4v) is 3.11. The largest absolute Gasteiger partial charge is 0.356 e. The highest BCUT2D eigenvalue weighted by Gasteiger charge is 2.27. The van der Waals surface area contributed by atoms with Crippen molar-refractivity contribution in [3.05, 3.63) is 24.4 Å². The first-order valence-corrected chi connectivity index (χ1v) is 8.06. The Morgan fingerprint density at radius 1 is 1.43 bits per heavy atom. The Labute approximate surface area is 128 Å². The molecule has 1 saturated heterocycles. The molecule has 0 saturated carbocycles. The minimum Gasteiger partial charge on any atom is -0.356 e. The van der Waals surface area contributed by atoms with Crippen molar-refractivity contribution in [2.45, 2.75) is 45.6 Å². The number of rotatable bonds is 5. The molecule has 116 valence electrons. The molecule has 1 fully saturated rings. The Kier molecular flexibility index (Phi) is 5.59. The molecule has 0 spiro atoms. The second-order valence-electron chi connectivity index (χ2n) is 6.05. The number of carbonyl (C=O) groups excluding carboxylic acids is 1. The maximum Gasteiger partial charge on any atom is 0.225 e. The summed E-state index contributed by atoms with van der Waals surface area (Å²) in [5.74, 6) is 1.49. The lowest BCUT2D eigenvalue weighted by Gasteiger charge is -2.38. The predicted molar refractivity (Wildman–Crippen MR) is 86.3 cm³/mol. The Morgan fingerprint density at radius 2 is 2.14 bits per heavy atom. The lowest BCUT2D eigenvalue weighted by molar-refractivity contribution is -0.136. The number of nitrogens with zero attached hydrogens (tertiary/aromatic N) is 3. The minimum atomic E-state index is 0.147. The van der Waals surface area contributed by atoms with Crippen LogP contribution in [0.4, 0.5) is 5.82 Å². The van der Waals surface area contributed by atoms with Crippen LogP contribution in [0.5, 0.6) is 0 Å². The number of hydrogen-bond donors (Lipinski definition) is 0. The fraction of sp³-hybridized carbons (Fsp3) is 0.647. The molecular formula is C17H27N3O. The van der Waals surface area contributed by atoms with Gasteiger partial charge in [-0.1, -0.05) is 26.3 Å². The summed E-state index contributed by atoms with van der Waals surface area (Å²) in [6, 6.07) is 6.39. The van der Waals surface area contributed by atoms with Gasteiger partial charge in [0, 0.05) is 38.3 Å². The molecule has 0 radical (unpaired) electrons. The SMILES string of the molecule is CCCC(C)C(=O)N(C)C1CCN(c2ccccn2)CC1. The molecule has 4 heteroatoms. The Bertz CT molecular complexity index is 441. The van der Waals surface area contributed by atoms with Crippen molar-refractivity contribution in [1.29, 1.82) is 0 Å². The fourth-order valence-electron chi connectivity index (χ4n) is 3.11. The van der Waals surface area contributed by atoms with E-state index in [1.807, 2.05) is 37.2 Å². The van der Waals surface area contributed by atoms with E-state index in [1.54, 1.807) is 0 Å². The Morgan fingerprint density at radius 3 is 2.71 bits per heavy atom. The van der Waals surface area contributed by atoms with Gasteiger partial charge >= 0.3 is 0 Å². The van der Waals surface area contributed by atoms with Crippen LogP contribution in [-0.2, 0) is 4.79 Å². The second kappa shape index (κ2) is 7.43. The molecular weight excluding hydrogens is 262 g/mol. The first-order chi connectivity index (χ1) is 10.1. The number of carbonyl (C=O) groups is 1. The zero-order chi connectivity index (χ0) is 15.2. The molecule has 2 heterocycles. The third kappa shape index (κ3) is 3.96. The molecule has 1 amide bonds. The number of amides is 1. The van der Waals surface area contributed by atoms with E-state index in [4.69, 9.17) is 0 Å². The molecule has 1 aliphatic rings. The van der Waals surface area contributed by atoms with Crippen molar-refractivity contribution < 1.29 is 4.79 Å². The van der Waals surface area contributed by atoms with Gasteiger partial charge in [0.1, 0.15) is 5.82 Å². The summed E-state index contributed by atoms with van der Waals surface area (Å²) in [6.07, 6.45) is 5.94. The normalized spacial score (nSPS) is 17.6. The maximum atomic E-state index is 12.4. The number of piperidine rings is 1. The monoisotopic (exact) mass is 289 g/mol. The highest BCUT2D eigenvalue weighted by atomic mass is 16.2. The summed E-state index contributed by atoms with van der Waals surface area (Å²) in [7, 11) is 1.97. The van der Waals surface area contributed by atoms with Crippen molar-refractivity contribution in [2.75, 3.05) is 25.0 Å². The summed E-state index contributed by atoms with van der Waals surface area (Å²) in [5.41, 5.74) is 0. The van der Waals surface area contributed by atoms with Gasteiger partial charge in [0.15, 0.2) is 0 Å². The van der Waals surface area contributed by atoms with Gasteiger partial charge in [-0.2, -0.15) is 0 Å². The van der Waals surface area contributed by atoms with Crippen LogP contribution in [0.1, 0.15) is 39.5 Å². The van der Waals surface area contributed by atoms with Crippen molar-refractivity contribution >= 4 is 11.7 Å². The number of anilines is 1. The van der Waals surface area contributed by atoms with Gasteiger partial charge in [-0.15, -0.1) is 0 Å². The van der Waals surface area contributed by atoms with E-state index in [2.05, 4.69) is 22.9 Å². The maximum absolute atomic E-state index is 12.4. The van der Waals surface area contributed by atoms with Crippen LogP contribution < -0.4 is 4.90 Å². The smallest absolute Gasteiger partial charge is 0.225 e. The Hall–Kier alpha value is -1.58. The molecule has 1 atom stereocenters. The molecule has 1 aromatic rings. The molecule has 0 aliphatic carbocycles. The van der Waals surface area contributed by atoms with Crippen LogP contribution in [-0.4, -0.2) is 42.0 Å². The third-order valence-electron chi connectivity index (χ3n) is 4.48. The molecule has 1 aromatic heterocycles. The summed E-state index contributed by atoms with van der Waals surface area (Å²) >= 11 is 0. The topological polar surface area (TPSA) is 36.4 Å². The van der Waals surface area contributed by atoms with E-state index in [0.29, 0.717) is 11.9 Å². The van der Waals surface area contributed by atoms with Crippen molar-refractivity contribution in [3.8, 4) is 0 Å². The van der Waals surface area contributed by atoms with Crippen LogP contribution >= 0.6 is 0 Å². The standard InChI is InChI=1S/C17H27N3O/c1-4-7-14(2)17(21)19(3)15-9-12-20(13-10-15)16-8-5-6-11-18-16/h5-6,8,11,14-15H,4,7,9-10,12-13H2,1-3H3. The van der Waals surface area contributed by atoms with Crippen LogP contribution in [0.25, 0.3) is 0 Å². The number of aromatic nitrogens is 1. The lowest BCUT2D eigenvalue weighted by Crippen LogP contribution is -2.47. The minimum absolute atomic E-state index is 0.147. The lowest BCUT2D eigenvalue weighted by atomic mass is 9.99. The van der Waals surface area contributed by atoms with E-state index in [0.717, 1.165) is 44.6 Å². The molecule has 1 unspecified atom stereocenters. The Balaban J connectivity index is 1.87. The first kappa shape index (κ1) is 15.8. The van der Waals surface area contributed by atoms with Gasteiger partial charge in [0.05, 0.1) is 0 Å². The molecule has 21 heavy (non-hydrogen) atoms. The van der Waals surface area contributed by atoms with Gasteiger partial charge in [-0.3, -0.25) is 4.79 Å². The third-order valence-corrected chi connectivity index (χ3v) is 4.48. The zero-order valence-electron chi connectivity index (χ0n) is 13.5. The van der Waals surface area contributed by atoms with E-state index in [1.165, 1.54) is 0 Å². The summed E-state index contributed by atoms with van der Waals surface area (Å²) < 4.78 is 0. The van der Waals surface area contributed by atoms with Crippen LogP contribution in [0.2, 0.25) is 0 Å². The van der Waals surface area contributed by atoms with Crippen molar-refractivity contribution in [2.24, 2.45) is 5.92 Å². The zero-order valence-corrected chi connectivity index (χ0v) is 13.5. The van der Waals surface area contributed by atoms with Crippen molar-refractivity contribution in [3.63, 3.8) is 0 Å². The van der Waals surface area contributed by atoms with Gasteiger partial charge in [-0.25, -0.2) is 4.98 Å². The summed E-state index contributed by atoms with van der Waals surface area (Å²) in [6.45, 7) is 6.13. The highest BCUT2D eigenvalue weighted by molar-refractivity contribution is 5.78. The molecule has 2 rings (SSSR count). The van der Waals surface area contributed by atoms with Gasteiger partial charge in [0.2, 0.25) is 5.91 Å². The van der Waals surface area contributed by atoms with E-state index in [9.17, 15) is 4.79 Å². The molecule has 0 N–H and O–H groups in total. The number of hydrogen-bond acceptors (Lipinski definition) is 3. The summed E-state index contributed by atoms with van der Waals surface area (Å²) in [4.78, 5) is 21.1. The van der Waals surface area contributed by atoms with E-state index >= 15 is 0 Å². The average Bonchev–Trinajstić information content (AvgIpc) is 2.54. The second-order valence-corrected chi connectivity index (χ2v) is 6.05. The quantitative estimate of drug-likeness (QED) is 0.836. The van der Waals surface area contributed by atoms with Gasteiger partial charge in [0.25, 0.3) is 0 Å². The molecule has 0 aromatic carbocycles. The van der Waals surface area contributed by atoms with Gasteiger partial charge < -0.3 is 9.80 Å². The average molecular weight is 289 g/mol. The molecule has 4 nitrogen and oxygen atoms in total. The number of pyridine rings is 1. The van der Waals surface area contributed by atoms with Crippen molar-refractivity contribution in [1.82, 2.24) is 9.88 Å². The van der Waals surface area contributed by atoms with Crippen LogP contribution in [0.3, 0.4) is 0 Å². The highest BCUT2D eigenvalue weighted by Crippen LogP contribution is 2.21. The van der Waals surface area contributed by atoms with Gasteiger partial charge in [-0.05, 0) is 31.4 Å².